The largest absolute Gasteiger partial charge is 0.481 e. The standard InChI is InChI=1S/C12H19N3O3/c1-12(2,3)15(8-5-11(17)18)10(16)9-14-7-4-6-13-14/h4,6-7H,5,8-9H2,1-3H3,(H,17,18). The molecule has 0 saturated carbocycles. The van der Waals surface area contributed by atoms with Crippen LogP contribution in [0.2, 0.25) is 0 Å². The molecular weight excluding hydrogens is 234 g/mol. The molecule has 1 aromatic heterocycles. The van der Waals surface area contributed by atoms with Crippen LogP contribution >= 0.6 is 0 Å². The van der Waals surface area contributed by atoms with Gasteiger partial charge in [0.25, 0.3) is 0 Å². The number of carboxylic acid groups (broad SMARTS) is 1. The van der Waals surface area contributed by atoms with Crippen molar-refractivity contribution in [2.45, 2.75) is 39.3 Å². The van der Waals surface area contributed by atoms with Crippen LogP contribution in [0.25, 0.3) is 0 Å². The maximum atomic E-state index is 12.1. The van der Waals surface area contributed by atoms with Gasteiger partial charge in [-0.05, 0) is 26.8 Å². The lowest BCUT2D eigenvalue weighted by Gasteiger charge is -2.35. The van der Waals surface area contributed by atoms with Gasteiger partial charge in [0, 0.05) is 24.5 Å². The van der Waals surface area contributed by atoms with Crippen molar-refractivity contribution in [2.75, 3.05) is 6.54 Å². The van der Waals surface area contributed by atoms with Gasteiger partial charge in [0.1, 0.15) is 6.54 Å². The fourth-order valence-corrected chi connectivity index (χ4v) is 1.66. The number of carboxylic acids is 1. The number of amides is 1. The van der Waals surface area contributed by atoms with Crippen LogP contribution in [0.4, 0.5) is 0 Å². The molecule has 18 heavy (non-hydrogen) atoms. The quantitative estimate of drug-likeness (QED) is 0.849. The van der Waals surface area contributed by atoms with E-state index in [1.54, 1.807) is 23.4 Å². The smallest absolute Gasteiger partial charge is 0.305 e. The summed E-state index contributed by atoms with van der Waals surface area (Å²) in [6.45, 7) is 5.99. The molecule has 0 aromatic carbocycles. The van der Waals surface area contributed by atoms with Crippen LogP contribution in [0.3, 0.4) is 0 Å². The van der Waals surface area contributed by atoms with Crippen LogP contribution in [0, 0.1) is 0 Å². The fourth-order valence-electron chi connectivity index (χ4n) is 1.66. The lowest BCUT2D eigenvalue weighted by atomic mass is 10.1. The topological polar surface area (TPSA) is 75.4 Å². The van der Waals surface area contributed by atoms with E-state index in [1.807, 2.05) is 20.8 Å². The highest BCUT2D eigenvalue weighted by Gasteiger charge is 2.26. The van der Waals surface area contributed by atoms with Gasteiger partial charge in [-0.3, -0.25) is 14.3 Å². The van der Waals surface area contributed by atoms with Crippen molar-refractivity contribution in [1.82, 2.24) is 14.7 Å². The first-order chi connectivity index (χ1) is 8.30. The number of aromatic nitrogens is 2. The Balaban J connectivity index is 2.70. The molecule has 1 amide bonds. The van der Waals surface area contributed by atoms with Crippen molar-refractivity contribution < 1.29 is 14.7 Å². The SMILES string of the molecule is CC(C)(C)N(CCC(=O)O)C(=O)Cn1cccn1. The molecule has 0 fully saturated rings. The summed E-state index contributed by atoms with van der Waals surface area (Å²) in [5, 5.41) is 12.7. The number of rotatable bonds is 5. The van der Waals surface area contributed by atoms with Gasteiger partial charge in [0.05, 0.1) is 6.42 Å². The summed E-state index contributed by atoms with van der Waals surface area (Å²) in [5.74, 6) is -1.04. The normalized spacial score (nSPS) is 11.3. The second-order valence-electron chi connectivity index (χ2n) is 5.06. The molecule has 0 saturated heterocycles. The van der Waals surface area contributed by atoms with E-state index in [0.717, 1.165) is 0 Å². The first kappa shape index (κ1) is 14.2. The van der Waals surface area contributed by atoms with Crippen molar-refractivity contribution in [3.63, 3.8) is 0 Å². The van der Waals surface area contributed by atoms with E-state index in [2.05, 4.69) is 5.10 Å². The number of carbonyl (C=O) groups excluding carboxylic acids is 1. The Bertz CT molecular complexity index is 407. The predicted molar refractivity (Wildman–Crippen MR) is 65.9 cm³/mol. The molecule has 0 atom stereocenters. The van der Waals surface area contributed by atoms with Crippen molar-refractivity contribution in [2.24, 2.45) is 0 Å². The summed E-state index contributed by atoms with van der Waals surface area (Å²) in [5.41, 5.74) is -0.403. The molecule has 0 aliphatic heterocycles. The first-order valence-electron chi connectivity index (χ1n) is 5.80. The zero-order valence-electron chi connectivity index (χ0n) is 11.0. The molecule has 0 spiro atoms. The fraction of sp³-hybridized carbons (Fsp3) is 0.583. The zero-order valence-corrected chi connectivity index (χ0v) is 11.0. The molecule has 1 N–H and O–H groups in total. The lowest BCUT2D eigenvalue weighted by Crippen LogP contribution is -2.48. The molecule has 6 heteroatoms. The Hall–Kier alpha value is -1.85. The van der Waals surface area contributed by atoms with Crippen molar-refractivity contribution >= 4 is 11.9 Å². The van der Waals surface area contributed by atoms with E-state index in [-0.39, 0.29) is 25.4 Å². The van der Waals surface area contributed by atoms with Crippen LogP contribution in [0.15, 0.2) is 18.5 Å². The second kappa shape index (κ2) is 5.66. The van der Waals surface area contributed by atoms with Gasteiger partial charge in [0.2, 0.25) is 5.91 Å². The molecule has 100 valence electrons. The van der Waals surface area contributed by atoms with Crippen molar-refractivity contribution in [1.29, 1.82) is 0 Å². The minimum Gasteiger partial charge on any atom is -0.481 e. The highest BCUT2D eigenvalue weighted by molar-refractivity contribution is 5.77. The van der Waals surface area contributed by atoms with Crippen molar-refractivity contribution in [3.05, 3.63) is 18.5 Å². The molecule has 0 unspecified atom stereocenters. The third-order valence-corrected chi connectivity index (χ3v) is 2.52. The molecule has 0 aliphatic rings. The maximum absolute atomic E-state index is 12.1. The number of hydrogen-bond donors (Lipinski definition) is 1. The number of aliphatic carboxylic acids is 1. The van der Waals surface area contributed by atoms with E-state index in [4.69, 9.17) is 5.11 Å². The van der Waals surface area contributed by atoms with E-state index in [1.165, 1.54) is 4.68 Å². The summed E-state index contributed by atoms with van der Waals surface area (Å²) in [6, 6.07) is 1.74. The Morgan fingerprint density at radius 1 is 1.39 bits per heavy atom. The zero-order chi connectivity index (χ0) is 13.8. The summed E-state index contributed by atoms with van der Waals surface area (Å²) < 4.78 is 1.53. The van der Waals surface area contributed by atoms with E-state index < -0.39 is 11.5 Å². The average molecular weight is 253 g/mol. The molecule has 0 bridgehead atoms. The monoisotopic (exact) mass is 253 g/mol. The van der Waals surface area contributed by atoms with Gasteiger partial charge in [-0.25, -0.2) is 0 Å². The maximum Gasteiger partial charge on any atom is 0.305 e. The number of hydrogen-bond acceptors (Lipinski definition) is 3. The van der Waals surface area contributed by atoms with Gasteiger partial charge in [-0.1, -0.05) is 0 Å². The van der Waals surface area contributed by atoms with Gasteiger partial charge < -0.3 is 10.0 Å². The summed E-state index contributed by atoms with van der Waals surface area (Å²) in [4.78, 5) is 24.3. The van der Waals surface area contributed by atoms with Crippen LogP contribution in [0.5, 0.6) is 0 Å². The third-order valence-electron chi connectivity index (χ3n) is 2.52. The Kier molecular flexibility index (Phi) is 4.47. The minimum atomic E-state index is -0.906. The summed E-state index contributed by atoms with van der Waals surface area (Å²) in [7, 11) is 0. The first-order valence-corrected chi connectivity index (χ1v) is 5.80. The second-order valence-corrected chi connectivity index (χ2v) is 5.06. The molecule has 1 rings (SSSR count). The molecule has 1 aromatic rings. The Morgan fingerprint density at radius 3 is 2.50 bits per heavy atom. The molecule has 6 nitrogen and oxygen atoms in total. The Labute approximate surface area is 106 Å². The Morgan fingerprint density at radius 2 is 2.06 bits per heavy atom. The van der Waals surface area contributed by atoms with Gasteiger partial charge in [-0.15, -0.1) is 0 Å². The van der Waals surface area contributed by atoms with Crippen LogP contribution in [0.1, 0.15) is 27.2 Å². The molecular formula is C12H19N3O3. The lowest BCUT2D eigenvalue weighted by molar-refractivity contribution is -0.141. The molecule has 1 heterocycles. The highest BCUT2D eigenvalue weighted by Crippen LogP contribution is 2.14. The van der Waals surface area contributed by atoms with E-state index >= 15 is 0 Å². The van der Waals surface area contributed by atoms with Crippen LogP contribution in [-0.4, -0.2) is 43.7 Å². The van der Waals surface area contributed by atoms with E-state index in [9.17, 15) is 9.59 Å². The van der Waals surface area contributed by atoms with Gasteiger partial charge in [-0.2, -0.15) is 5.10 Å². The van der Waals surface area contributed by atoms with Gasteiger partial charge >= 0.3 is 5.97 Å². The third kappa shape index (κ3) is 4.20. The van der Waals surface area contributed by atoms with E-state index in [0.29, 0.717) is 0 Å². The van der Waals surface area contributed by atoms with Crippen LogP contribution in [-0.2, 0) is 16.1 Å². The van der Waals surface area contributed by atoms with Crippen molar-refractivity contribution in [3.8, 4) is 0 Å². The van der Waals surface area contributed by atoms with Gasteiger partial charge in [0.15, 0.2) is 0 Å². The number of carbonyl (C=O) groups is 2. The molecule has 0 radical (unpaired) electrons. The summed E-state index contributed by atoms with van der Waals surface area (Å²) >= 11 is 0. The van der Waals surface area contributed by atoms with Crippen LogP contribution < -0.4 is 0 Å². The molecule has 0 aliphatic carbocycles. The minimum absolute atomic E-state index is 0.0535. The highest BCUT2D eigenvalue weighted by atomic mass is 16.4. The number of nitrogens with zero attached hydrogens (tertiary/aromatic N) is 3. The predicted octanol–water partition coefficient (Wildman–Crippen LogP) is 0.985. The average Bonchev–Trinajstić information content (AvgIpc) is 2.67. The summed E-state index contributed by atoms with van der Waals surface area (Å²) in [6.07, 6.45) is 3.25.